The summed E-state index contributed by atoms with van der Waals surface area (Å²) >= 11 is 0. The molecule has 0 spiro atoms. The summed E-state index contributed by atoms with van der Waals surface area (Å²) in [6, 6.07) is 48.7. The van der Waals surface area contributed by atoms with Crippen molar-refractivity contribution in [3.8, 4) is 33.4 Å². The normalized spacial score (nSPS) is 12.3. The Bertz CT molecular complexity index is 2290. The van der Waals surface area contributed by atoms with E-state index in [2.05, 4.69) is 147 Å². The van der Waals surface area contributed by atoms with E-state index < -0.39 is 11.2 Å². The number of hydrogen-bond acceptors (Lipinski definition) is 2. The highest BCUT2D eigenvalue weighted by atomic mass is 16.5. The van der Waals surface area contributed by atoms with Crippen molar-refractivity contribution in [2.45, 2.75) is 59.2 Å². The molecule has 7 aromatic rings. The second-order valence-electron chi connectivity index (χ2n) is 14.8. The second kappa shape index (κ2) is 13.0. The maximum atomic E-state index is 10.7. The fraction of sp³-hybridized carbons (Fsp3) is 0.217. The fourth-order valence-electron chi connectivity index (χ4n) is 6.87. The number of hydrogen-bond donors (Lipinski definition) is 1. The molecule has 0 unspecified atom stereocenters. The molecule has 0 aliphatic heterocycles. The average Bonchev–Trinajstić information content (AvgIpc) is 3.09. The first-order valence-corrected chi connectivity index (χ1v) is 17.4. The molecule has 3 heteroatoms. The minimum atomic E-state index is -0.996. The van der Waals surface area contributed by atoms with E-state index in [0.29, 0.717) is 5.92 Å². The summed E-state index contributed by atoms with van der Waals surface area (Å²) in [6.45, 7) is 12.0. The van der Waals surface area contributed by atoms with Crippen LogP contribution in [0, 0.1) is 5.92 Å². The van der Waals surface area contributed by atoms with Crippen molar-refractivity contribution >= 4 is 45.3 Å². The van der Waals surface area contributed by atoms with E-state index in [1.807, 2.05) is 13.8 Å². The van der Waals surface area contributed by atoms with Gasteiger partial charge in [0.25, 0.3) is 0 Å². The van der Waals surface area contributed by atoms with Crippen LogP contribution in [-0.4, -0.2) is 23.8 Å². The molecule has 1 N–H and O–H groups in total. The lowest BCUT2D eigenvalue weighted by Gasteiger charge is -2.37. The van der Waals surface area contributed by atoms with Crippen molar-refractivity contribution in [2.75, 3.05) is 0 Å². The molecule has 0 fully saturated rings. The summed E-state index contributed by atoms with van der Waals surface area (Å²) < 4.78 is 6.17. The van der Waals surface area contributed by atoms with E-state index in [9.17, 15) is 5.11 Å². The first kappa shape index (κ1) is 32.8. The maximum absolute atomic E-state index is 10.7. The largest absolute Gasteiger partial charge is 0.427 e. The molecule has 49 heavy (non-hydrogen) atoms. The molecule has 0 aliphatic carbocycles. The molecular weight excluding hydrogens is 595 g/mol. The quantitative estimate of drug-likeness (QED) is 0.126. The van der Waals surface area contributed by atoms with E-state index in [-0.39, 0.29) is 0 Å². The van der Waals surface area contributed by atoms with Gasteiger partial charge in [0, 0.05) is 0 Å². The van der Waals surface area contributed by atoms with Gasteiger partial charge in [-0.05, 0) is 111 Å². The van der Waals surface area contributed by atoms with Gasteiger partial charge in [-0.2, -0.15) is 0 Å². The van der Waals surface area contributed by atoms with E-state index >= 15 is 0 Å². The zero-order valence-electron chi connectivity index (χ0n) is 29.4. The van der Waals surface area contributed by atoms with Gasteiger partial charge < -0.3 is 9.76 Å². The van der Waals surface area contributed by atoms with Crippen LogP contribution < -0.4 is 5.46 Å². The van der Waals surface area contributed by atoms with Gasteiger partial charge in [0.2, 0.25) is 0 Å². The molecule has 7 rings (SSSR count). The van der Waals surface area contributed by atoms with Crippen LogP contribution in [0.5, 0.6) is 0 Å². The van der Waals surface area contributed by atoms with E-state index in [1.165, 1.54) is 65.7 Å². The van der Waals surface area contributed by atoms with Gasteiger partial charge in [-0.1, -0.05) is 153 Å². The van der Waals surface area contributed by atoms with Crippen molar-refractivity contribution < 1.29 is 9.76 Å². The lowest BCUT2D eigenvalue weighted by molar-refractivity contribution is -0.0893. The van der Waals surface area contributed by atoms with Gasteiger partial charge in [-0.3, -0.25) is 0 Å². The Morgan fingerprint density at radius 1 is 0.571 bits per heavy atom. The van der Waals surface area contributed by atoms with Crippen LogP contribution >= 0.6 is 0 Å². The first-order chi connectivity index (χ1) is 23.5. The molecule has 0 aliphatic rings. The van der Waals surface area contributed by atoms with Crippen LogP contribution in [0.1, 0.15) is 47.1 Å². The van der Waals surface area contributed by atoms with Gasteiger partial charge >= 0.3 is 7.48 Å². The minimum Gasteiger partial charge on any atom is -0.427 e. The summed E-state index contributed by atoms with van der Waals surface area (Å²) in [5, 5.41) is 18.1. The van der Waals surface area contributed by atoms with Crippen molar-refractivity contribution in [3.05, 3.63) is 139 Å². The highest BCUT2D eigenvalue weighted by molar-refractivity contribution is 6.47. The molecule has 243 valence electrons. The molecule has 0 bridgehead atoms. The highest BCUT2D eigenvalue weighted by Gasteiger charge is 2.35. The van der Waals surface area contributed by atoms with Crippen molar-refractivity contribution in [3.63, 3.8) is 0 Å². The molecular formula is C46H44BO2. The number of benzene rings is 7. The van der Waals surface area contributed by atoms with Gasteiger partial charge in [-0.25, -0.2) is 0 Å². The van der Waals surface area contributed by atoms with E-state index in [1.54, 1.807) is 21.3 Å². The van der Waals surface area contributed by atoms with Crippen molar-refractivity contribution in [1.29, 1.82) is 0 Å². The maximum Gasteiger partial charge on any atom is 0.330 e. The third kappa shape index (κ3) is 6.42. The second-order valence-corrected chi connectivity index (χ2v) is 14.8. The Labute approximate surface area is 291 Å². The number of rotatable bonds is 9. The lowest BCUT2D eigenvalue weighted by atomic mass is 9.80. The molecule has 0 atom stereocenters. The van der Waals surface area contributed by atoms with Crippen molar-refractivity contribution in [1.82, 2.24) is 0 Å². The smallest absolute Gasteiger partial charge is 0.330 e. The molecule has 1 radical (unpaired) electrons. The molecule has 0 heterocycles. The molecule has 0 saturated heterocycles. The minimum absolute atomic E-state index is 0.557. The molecule has 0 aromatic heterocycles. The average molecular weight is 640 g/mol. The van der Waals surface area contributed by atoms with Crippen LogP contribution in [-0.2, 0) is 11.1 Å². The molecule has 2 nitrogen and oxygen atoms in total. The van der Waals surface area contributed by atoms with Gasteiger partial charge in [0.15, 0.2) is 0 Å². The Hall–Kier alpha value is -4.70. The van der Waals surface area contributed by atoms with Crippen molar-refractivity contribution in [2.24, 2.45) is 5.92 Å². The summed E-state index contributed by atoms with van der Waals surface area (Å²) in [4.78, 5) is 0. The fourth-order valence-corrected chi connectivity index (χ4v) is 6.87. The van der Waals surface area contributed by atoms with E-state index in [0.717, 1.165) is 17.4 Å². The third-order valence-electron chi connectivity index (χ3n) is 10.1. The Morgan fingerprint density at radius 3 is 1.86 bits per heavy atom. The Balaban J connectivity index is 1.40. The topological polar surface area (TPSA) is 29.5 Å². The molecule has 7 aromatic carbocycles. The Kier molecular flexibility index (Phi) is 8.69. The van der Waals surface area contributed by atoms with Crippen LogP contribution in [0.15, 0.2) is 133 Å². The van der Waals surface area contributed by atoms with E-state index in [4.69, 9.17) is 4.65 Å². The summed E-state index contributed by atoms with van der Waals surface area (Å²) in [7, 11) is 1.78. The highest BCUT2D eigenvalue weighted by Crippen LogP contribution is 2.44. The molecule has 0 saturated carbocycles. The SMILES string of the molecule is CC(C)Cc1ccc2c(-c3cccc([B]OC(C)(C)C(C)(C)O)c3)c3ccccc3c(-c3ccc(-c4cccc5ccccc45)cc3)c2c1. The monoisotopic (exact) mass is 639 g/mol. The predicted octanol–water partition coefficient (Wildman–Crippen LogP) is 11.2. The van der Waals surface area contributed by atoms with Crippen LogP contribution in [0.2, 0.25) is 0 Å². The van der Waals surface area contributed by atoms with Crippen LogP contribution in [0.25, 0.3) is 65.7 Å². The number of fused-ring (bicyclic) bond motifs is 3. The zero-order valence-corrected chi connectivity index (χ0v) is 29.4. The lowest BCUT2D eigenvalue weighted by Crippen LogP contribution is -2.49. The van der Waals surface area contributed by atoms with Gasteiger partial charge in [0.05, 0.1) is 11.2 Å². The predicted molar refractivity (Wildman–Crippen MR) is 211 cm³/mol. The standard InChI is InChI=1S/C46H44BO2/c1-30(2)27-31-21-26-41-42(28-31)43(34-24-22-33(23-25-34)38-20-12-14-32-13-7-8-17-37(32)38)39-18-9-10-19-40(39)44(41)35-15-11-16-36(29-35)47-49-46(5,6)45(3,4)48/h7-26,28-30,48H,27H2,1-6H3. The van der Waals surface area contributed by atoms with Gasteiger partial charge in [-0.15, -0.1) is 0 Å². The summed E-state index contributed by atoms with van der Waals surface area (Å²) in [6.07, 6.45) is 1.02. The number of aliphatic hydroxyl groups is 1. The van der Waals surface area contributed by atoms with Gasteiger partial charge in [0.1, 0.15) is 0 Å². The Morgan fingerprint density at radius 2 is 1.16 bits per heavy atom. The third-order valence-corrected chi connectivity index (χ3v) is 10.1. The van der Waals surface area contributed by atoms with Crippen LogP contribution in [0.3, 0.4) is 0 Å². The first-order valence-electron chi connectivity index (χ1n) is 17.4. The molecule has 0 amide bonds. The zero-order chi connectivity index (χ0) is 34.3. The summed E-state index contributed by atoms with van der Waals surface area (Å²) in [5.74, 6) is 0.557. The van der Waals surface area contributed by atoms with Crippen LogP contribution in [0.4, 0.5) is 0 Å². The summed E-state index contributed by atoms with van der Waals surface area (Å²) in [5.41, 5.74) is 7.85.